The van der Waals surface area contributed by atoms with Crippen LogP contribution in [0.3, 0.4) is 0 Å². The molecule has 0 heterocycles. The van der Waals surface area contributed by atoms with Gasteiger partial charge in [-0.15, -0.1) is 0 Å². The van der Waals surface area contributed by atoms with Crippen LogP contribution in [0.1, 0.15) is 81.9 Å². The molecule has 0 spiro atoms. The molecule has 1 N–H and O–H groups in total. The van der Waals surface area contributed by atoms with Gasteiger partial charge in [-0.3, -0.25) is 9.59 Å². The molecule has 2 aromatic rings. The number of aryl methyl sites for hydroxylation is 1. The highest BCUT2D eigenvalue weighted by molar-refractivity contribution is 5.88. The fraction of sp³-hybridized carbons (Fsp3) is 0.517. The molecule has 5 nitrogen and oxygen atoms in total. The Labute approximate surface area is 204 Å². The fourth-order valence-corrected chi connectivity index (χ4v) is 4.67. The van der Waals surface area contributed by atoms with Gasteiger partial charge in [0.25, 0.3) is 5.91 Å². The third-order valence-corrected chi connectivity index (χ3v) is 6.70. The summed E-state index contributed by atoms with van der Waals surface area (Å²) in [5.74, 6) is 0.780. The molecule has 5 heteroatoms. The van der Waals surface area contributed by atoms with E-state index in [9.17, 15) is 9.59 Å². The van der Waals surface area contributed by atoms with E-state index in [1.54, 1.807) is 4.90 Å². The van der Waals surface area contributed by atoms with Crippen molar-refractivity contribution in [2.75, 3.05) is 6.61 Å². The summed E-state index contributed by atoms with van der Waals surface area (Å²) in [5.41, 5.74) is 3.24. The molecule has 1 atom stereocenters. The summed E-state index contributed by atoms with van der Waals surface area (Å²) in [6.45, 7) is 8.51. The number of carbonyl (C=O) groups excluding carboxylic acids is 2. The van der Waals surface area contributed by atoms with E-state index in [1.807, 2.05) is 62.4 Å². The molecule has 0 aromatic heterocycles. The summed E-state index contributed by atoms with van der Waals surface area (Å²) >= 11 is 0. The smallest absolute Gasteiger partial charge is 0.261 e. The van der Waals surface area contributed by atoms with Gasteiger partial charge in [0, 0.05) is 12.6 Å². The Balaban J connectivity index is 1.77. The Hall–Kier alpha value is -2.82. The van der Waals surface area contributed by atoms with Gasteiger partial charge in [0.1, 0.15) is 11.8 Å². The summed E-state index contributed by atoms with van der Waals surface area (Å²) in [5, 5.41) is 3.22. The maximum Gasteiger partial charge on any atom is 0.261 e. The van der Waals surface area contributed by atoms with Gasteiger partial charge in [0.2, 0.25) is 5.91 Å². The van der Waals surface area contributed by atoms with Gasteiger partial charge >= 0.3 is 0 Å². The molecule has 1 aliphatic rings. The number of nitrogens with zero attached hydrogens (tertiary/aromatic N) is 1. The molecule has 0 radical (unpaired) electrons. The second kappa shape index (κ2) is 12.6. The summed E-state index contributed by atoms with van der Waals surface area (Å²) in [6, 6.07) is 15.6. The van der Waals surface area contributed by atoms with Crippen molar-refractivity contribution in [3.8, 4) is 5.75 Å². The lowest BCUT2D eigenvalue weighted by Crippen LogP contribution is -2.52. The topological polar surface area (TPSA) is 58.6 Å². The van der Waals surface area contributed by atoms with Crippen LogP contribution in [0.4, 0.5) is 0 Å². The monoisotopic (exact) mass is 464 g/mol. The van der Waals surface area contributed by atoms with Crippen molar-refractivity contribution in [1.29, 1.82) is 0 Å². The third kappa shape index (κ3) is 7.09. The van der Waals surface area contributed by atoms with Gasteiger partial charge < -0.3 is 15.0 Å². The minimum absolute atomic E-state index is 0.0579. The van der Waals surface area contributed by atoms with Crippen LogP contribution in [0.25, 0.3) is 0 Å². The first-order valence-electron chi connectivity index (χ1n) is 12.8. The normalized spacial score (nSPS) is 15.1. The van der Waals surface area contributed by atoms with E-state index in [2.05, 4.69) is 19.2 Å². The van der Waals surface area contributed by atoms with Crippen LogP contribution in [0.15, 0.2) is 48.5 Å². The van der Waals surface area contributed by atoms with Gasteiger partial charge in [-0.05, 0) is 49.3 Å². The lowest BCUT2D eigenvalue weighted by atomic mass is 9.95. The minimum atomic E-state index is -0.528. The molecule has 0 bridgehead atoms. The van der Waals surface area contributed by atoms with Crippen molar-refractivity contribution in [1.82, 2.24) is 10.2 Å². The Morgan fingerprint density at radius 3 is 2.35 bits per heavy atom. The maximum absolute atomic E-state index is 13.5. The van der Waals surface area contributed by atoms with E-state index >= 15 is 0 Å². The first-order chi connectivity index (χ1) is 16.4. The molecule has 1 fully saturated rings. The number of amides is 2. The summed E-state index contributed by atoms with van der Waals surface area (Å²) in [4.78, 5) is 28.5. The van der Waals surface area contributed by atoms with Crippen LogP contribution in [-0.2, 0) is 16.1 Å². The molecule has 34 heavy (non-hydrogen) atoms. The minimum Gasteiger partial charge on any atom is -0.483 e. The number of benzene rings is 2. The molecule has 2 aromatic carbocycles. The number of carbonyl (C=O) groups is 2. The van der Waals surface area contributed by atoms with Crippen LogP contribution in [0.5, 0.6) is 5.75 Å². The summed E-state index contributed by atoms with van der Waals surface area (Å²) in [6.07, 6.45) is 6.12. The number of hydrogen-bond donors (Lipinski definition) is 1. The average Bonchev–Trinajstić information content (AvgIpc) is 2.84. The third-order valence-electron chi connectivity index (χ3n) is 6.70. The number of nitrogens with one attached hydrogen (secondary N) is 1. The Kier molecular flexibility index (Phi) is 9.55. The molecule has 0 aliphatic heterocycles. The standard InChI is InChI=1S/C29H40N2O3/c1-5-26(29(33)30-24-11-7-6-8-12-24)31(19-23-17-15-22(4)16-18-23)28(32)20-34-27-14-10-9-13-25(27)21(2)3/h9-10,13-18,21,24,26H,5-8,11-12,19-20H2,1-4H3,(H,30,33). The van der Waals surface area contributed by atoms with Crippen LogP contribution in [0.2, 0.25) is 0 Å². The number of ether oxygens (including phenoxy) is 1. The number of rotatable bonds is 10. The Bertz CT molecular complexity index is 933. The molecule has 3 rings (SSSR count). The molecule has 184 valence electrons. The van der Waals surface area contributed by atoms with Gasteiger partial charge in [-0.2, -0.15) is 0 Å². The van der Waals surface area contributed by atoms with Crippen molar-refractivity contribution in [2.45, 2.75) is 90.8 Å². The van der Waals surface area contributed by atoms with Gasteiger partial charge in [0.15, 0.2) is 6.61 Å². The van der Waals surface area contributed by atoms with E-state index < -0.39 is 6.04 Å². The zero-order valence-electron chi connectivity index (χ0n) is 21.2. The molecule has 1 aliphatic carbocycles. The van der Waals surface area contributed by atoms with Crippen molar-refractivity contribution in [2.24, 2.45) is 0 Å². The molecule has 0 saturated heterocycles. The highest BCUT2D eigenvalue weighted by Gasteiger charge is 2.30. The molecule has 1 unspecified atom stereocenters. The predicted molar refractivity (Wildman–Crippen MR) is 137 cm³/mol. The molecular formula is C29H40N2O3. The lowest BCUT2D eigenvalue weighted by molar-refractivity contribution is -0.143. The van der Waals surface area contributed by atoms with Crippen LogP contribution in [0, 0.1) is 6.92 Å². The lowest BCUT2D eigenvalue weighted by Gasteiger charge is -2.32. The summed E-state index contributed by atoms with van der Waals surface area (Å²) < 4.78 is 6.00. The molecular weight excluding hydrogens is 424 g/mol. The van der Waals surface area contributed by atoms with Crippen molar-refractivity contribution in [3.63, 3.8) is 0 Å². The van der Waals surface area contributed by atoms with Crippen LogP contribution >= 0.6 is 0 Å². The van der Waals surface area contributed by atoms with E-state index in [0.29, 0.717) is 18.9 Å². The predicted octanol–water partition coefficient (Wildman–Crippen LogP) is 5.75. The van der Waals surface area contributed by atoms with Crippen molar-refractivity contribution < 1.29 is 14.3 Å². The van der Waals surface area contributed by atoms with Crippen molar-refractivity contribution in [3.05, 3.63) is 65.2 Å². The van der Waals surface area contributed by atoms with Crippen molar-refractivity contribution >= 4 is 11.8 Å². The number of para-hydroxylation sites is 1. The first kappa shape index (κ1) is 25.8. The number of hydrogen-bond acceptors (Lipinski definition) is 3. The highest BCUT2D eigenvalue weighted by atomic mass is 16.5. The quantitative estimate of drug-likeness (QED) is 0.487. The first-order valence-corrected chi connectivity index (χ1v) is 12.8. The molecule has 1 saturated carbocycles. The second-order valence-corrected chi connectivity index (χ2v) is 9.76. The van der Waals surface area contributed by atoms with Gasteiger partial charge in [0.05, 0.1) is 0 Å². The van der Waals surface area contributed by atoms with E-state index in [1.165, 1.54) is 6.42 Å². The van der Waals surface area contributed by atoms with Gasteiger partial charge in [-0.25, -0.2) is 0 Å². The zero-order valence-corrected chi connectivity index (χ0v) is 21.2. The zero-order chi connectivity index (χ0) is 24.5. The fourth-order valence-electron chi connectivity index (χ4n) is 4.67. The Morgan fingerprint density at radius 1 is 1.03 bits per heavy atom. The summed E-state index contributed by atoms with van der Waals surface area (Å²) in [7, 11) is 0. The van der Waals surface area contributed by atoms with Crippen LogP contribution < -0.4 is 10.1 Å². The van der Waals surface area contributed by atoms with Crippen LogP contribution in [-0.4, -0.2) is 35.4 Å². The average molecular weight is 465 g/mol. The molecule has 2 amide bonds. The van der Waals surface area contributed by atoms with E-state index in [4.69, 9.17) is 4.74 Å². The van der Waals surface area contributed by atoms with E-state index in [-0.39, 0.29) is 24.5 Å². The van der Waals surface area contributed by atoms with Gasteiger partial charge in [-0.1, -0.05) is 88.1 Å². The van der Waals surface area contributed by atoms with E-state index in [0.717, 1.165) is 48.1 Å². The SMILES string of the molecule is CCC(C(=O)NC1CCCCC1)N(Cc1ccc(C)cc1)C(=O)COc1ccccc1C(C)C. The second-order valence-electron chi connectivity index (χ2n) is 9.76. The maximum atomic E-state index is 13.5. The Morgan fingerprint density at radius 2 is 1.71 bits per heavy atom. The largest absolute Gasteiger partial charge is 0.483 e. The highest BCUT2D eigenvalue weighted by Crippen LogP contribution is 2.26.